The Morgan fingerprint density at radius 1 is 0.783 bits per heavy atom. The fourth-order valence-electron chi connectivity index (χ4n) is 7.10. The Morgan fingerprint density at radius 2 is 1.41 bits per heavy atom. The van der Waals surface area contributed by atoms with Crippen LogP contribution < -0.4 is 21.8 Å². The van der Waals surface area contributed by atoms with Crippen molar-refractivity contribution in [3.63, 3.8) is 0 Å². The summed E-state index contributed by atoms with van der Waals surface area (Å²) in [6.07, 6.45) is 15.0. The fourth-order valence-corrected chi connectivity index (χ4v) is 7.10. The molecule has 46 heavy (non-hydrogen) atoms. The molecular formula is C37H53N9. The Balaban J connectivity index is 0.000000208. The summed E-state index contributed by atoms with van der Waals surface area (Å²) in [6, 6.07) is 22.2. The van der Waals surface area contributed by atoms with Gasteiger partial charge in [-0.15, -0.1) is 0 Å². The highest BCUT2D eigenvalue weighted by Crippen LogP contribution is 2.34. The summed E-state index contributed by atoms with van der Waals surface area (Å²) in [6.45, 7) is 6.26. The van der Waals surface area contributed by atoms with E-state index in [1.54, 1.807) is 0 Å². The zero-order valence-electron chi connectivity index (χ0n) is 27.6. The third-order valence-corrected chi connectivity index (χ3v) is 10.0. The van der Waals surface area contributed by atoms with E-state index in [4.69, 9.17) is 20.7 Å². The van der Waals surface area contributed by atoms with Crippen molar-refractivity contribution in [1.29, 1.82) is 0 Å². The molecule has 3 heterocycles. The van der Waals surface area contributed by atoms with Gasteiger partial charge in [0.05, 0.1) is 6.33 Å². The number of nitrogens with zero attached hydrogens (tertiary/aromatic N) is 5. The number of fused-ring (bicyclic) bond motifs is 1. The van der Waals surface area contributed by atoms with Crippen LogP contribution in [0.4, 0.5) is 11.8 Å². The Morgan fingerprint density at radius 3 is 2.02 bits per heavy atom. The number of nitrogens with two attached hydrogens (primary N) is 1. The van der Waals surface area contributed by atoms with Gasteiger partial charge in [-0.25, -0.2) is 9.99 Å². The molecule has 0 spiro atoms. The molecule has 0 atom stereocenters. The van der Waals surface area contributed by atoms with E-state index in [0.717, 1.165) is 80.7 Å². The molecular weight excluding hydrogens is 570 g/mol. The summed E-state index contributed by atoms with van der Waals surface area (Å²) in [5, 5.41) is 9.35. The van der Waals surface area contributed by atoms with Gasteiger partial charge in [-0.05, 0) is 68.4 Å². The number of imidazole rings is 1. The predicted molar refractivity (Wildman–Crippen MR) is 188 cm³/mol. The molecule has 9 nitrogen and oxygen atoms in total. The van der Waals surface area contributed by atoms with Crippen LogP contribution in [0.2, 0.25) is 0 Å². The van der Waals surface area contributed by atoms with Crippen LogP contribution in [0.3, 0.4) is 0 Å². The number of benzene rings is 2. The highest BCUT2D eigenvalue weighted by atomic mass is 15.5. The summed E-state index contributed by atoms with van der Waals surface area (Å²) >= 11 is 0. The van der Waals surface area contributed by atoms with Crippen LogP contribution >= 0.6 is 0 Å². The van der Waals surface area contributed by atoms with Gasteiger partial charge in [0.15, 0.2) is 17.0 Å². The molecule has 9 heteroatoms. The number of hydrogen-bond acceptors (Lipinski definition) is 8. The van der Waals surface area contributed by atoms with Crippen LogP contribution in [0.5, 0.6) is 0 Å². The summed E-state index contributed by atoms with van der Waals surface area (Å²) in [7, 11) is 0. The Labute approximate surface area is 274 Å². The quantitative estimate of drug-likeness (QED) is 0.149. The van der Waals surface area contributed by atoms with E-state index >= 15 is 0 Å². The average Bonchev–Trinajstić information content (AvgIpc) is 3.78. The van der Waals surface area contributed by atoms with Gasteiger partial charge in [0.1, 0.15) is 0 Å². The number of anilines is 2. The normalized spacial score (nSPS) is 21.2. The minimum absolute atomic E-state index is 0.341. The van der Waals surface area contributed by atoms with Crippen molar-refractivity contribution >= 4 is 22.9 Å². The first-order valence-corrected chi connectivity index (χ1v) is 17.7. The topological polar surface area (TPSA) is 109 Å². The second kappa shape index (κ2) is 16.3. The summed E-state index contributed by atoms with van der Waals surface area (Å²) in [5.74, 6) is 2.41. The molecule has 2 aromatic carbocycles. The SMILES string of the molecule is CCC1CCN(Nc2nc(NC3CCC(N)CC3)nc3c2ncn3C2CCCC2)CC1.c1ccc(CNCc2ccccc2)cc1. The van der Waals surface area contributed by atoms with E-state index in [-0.39, 0.29) is 0 Å². The van der Waals surface area contributed by atoms with E-state index in [0.29, 0.717) is 18.1 Å². The molecule has 3 aliphatic rings. The van der Waals surface area contributed by atoms with E-state index in [9.17, 15) is 0 Å². The van der Waals surface area contributed by atoms with Gasteiger partial charge < -0.3 is 26.4 Å². The average molecular weight is 624 g/mol. The molecule has 3 fully saturated rings. The van der Waals surface area contributed by atoms with E-state index in [1.165, 1.54) is 56.1 Å². The lowest BCUT2D eigenvalue weighted by atomic mass is 9.92. The van der Waals surface area contributed by atoms with Crippen LogP contribution in [0, 0.1) is 5.92 Å². The first-order valence-electron chi connectivity index (χ1n) is 17.7. The fraction of sp³-hybridized carbons (Fsp3) is 0.541. The number of hydrogen-bond donors (Lipinski definition) is 4. The lowest BCUT2D eigenvalue weighted by Crippen LogP contribution is -2.38. The van der Waals surface area contributed by atoms with Crippen LogP contribution in [0.25, 0.3) is 11.2 Å². The van der Waals surface area contributed by atoms with Gasteiger partial charge >= 0.3 is 0 Å². The highest BCUT2D eigenvalue weighted by Gasteiger charge is 2.25. The molecule has 0 amide bonds. The zero-order chi connectivity index (χ0) is 31.6. The van der Waals surface area contributed by atoms with Crippen molar-refractivity contribution in [2.24, 2.45) is 11.7 Å². The van der Waals surface area contributed by atoms with Gasteiger partial charge in [-0.2, -0.15) is 9.97 Å². The van der Waals surface area contributed by atoms with E-state index in [2.05, 4.69) is 81.1 Å². The highest BCUT2D eigenvalue weighted by molar-refractivity contribution is 5.84. The molecule has 2 saturated carbocycles. The minimum Gasteiger partial charge on any atom is -0.351 e. The van der Waals surface area contributed by atoms with Crippen molar-refractivity contribution < 1.29 is 0 Å². The molecule has 4 aromatic rings. The largest absolute Gasteiger partial charge is 0.351 e. The van der Waals surface area contributed by atoms with Crippen molar-refractivity contribution in [2.75, 3.05) is 23.8 Å². The standard InChI is InChI=1S/C23H38N8.C14H15N/c1-2-16-11-13-30(14-12-16)29-21-20-22(31(15-25-20)19-5-3-4-6-19)28-23(27-21)26-18-9-7-17(24)8-10-18;1-3-7-13(8-4-1)11-15-12-14-9-5-2-6-10-14/h15-19H,2-14,24H2,1H3,(H2,26,27,28,29);1-10,15H,11-12H2. The first-order chi connectivity index (χ1) is 22.6. The maximum absolute atomic E-state index is 6.10. The molecule has 0 unspecified atom stereocenters. The molecule has 0 bridgehead atoms. The third-order valence-electron chi connectivity index (χ3n) is 10.0. The molecule has 5 N–H and O–H groups in total. The van der Waals surface area contributed by atoms with Crippen molar-refractivity contribution in [3.05, 3.63) is 78.1 Å². The lowest BCUT2D eigenvalue weighted by molar-refractivity contribution is 0.213. The molecule has 1 aliphatic heterocycles. The Hall–Kier alpha value is -3.53. The first kappa shape index (κ1) is 32.4. The summed E-state index contributed by atoms with van der Waals surface area (Å²) < 4.78 is 2.29. The number of hydrazine groups is 1. The maximum atomic E-state index is 6.10. The minimum atomic E-state index is 0.341. The second-order valence-electron chi connectivity index (χ2n) is 13.4. The maximum Gasteiger partial charge on any atom is 0.227 e. The number of nitrogens with one attached hydrogen (secondary N) is 3. The van der Waals surface area contributed by atoms with Gasteiger partial charge in [0, 0.05) is 44.3 Å². The molecule has 0 radical (unpaired) electrons. The number of aromatic nitrogens is 4. The zero-order valence-corrected chi connectivity index (χ0v) is 27.6. The predicted octanol–water partition coefficient (Wildman–Crippen LogP) is 7.05. The van der Waals surface area contributed by atoms with E-state index < -0.39 is 0 Å². The van der Waals surface area contributed by atoms with Gasteiger partial charge in [0.25, 0.3) is 0 Å². The monoisotopic (exact) mass is 623 g/mol. The lowest BCUT2D eigenvalue weighted by Gasteiger charge is -2.32. The number of piperidine rings is 1. The van der Waals surface area contributed by atoms with Crippen molar-refractivity contribution in [3.8, 4) is 0 Å². The van der Waals surface area contributed by atoms with Crippen LogP contribution in [0.15, 0.2) is 67.0 Å². The molecule has 7 rings (SSSR count). The Bertz CT molecular complexity index is 1410. The van der Waals surface area contributed by atoms with Crippen molar-refractivity contribution in [1.82, 2.24) is 29.8 Å². The van der Waals surface area contributed by atoms with Crippen LogP contribution in [-0.2, 0) is 13.1 Å². The molecule has 246 valence electrons. The van der Waals surface area contributed by atoms with Crippen LogP contribution in [0.1, 0.15) is 94.7 Å². The summed E-state index contributed by atoms with van der Waals surface area (Å²) in [5.41, 5.74) is 14.2. The second-order valence-corrected chi connectivity index (χ2v) is 13.4. The van der Waals surface area contributed by atoms with Gasteiger partial charge in [0.2, 0.25) is 5.95 Å². The molecule has 1 saturated heterocycles. The smallest absolute Gasteiger partial charge is 0.227 e. The van der Waals surface area contributed by atoms with Crippen molar-refractivity contribution in [2.45, 2.75) is 109 Å². The molecule has 2 aromatic heterocycles. The Kier molecular flexibility index (Phi) is 11.5. The number of rotatable bonds is 10. The summed E-state index contributed by atoms with van der Waals surface area (Å²) in [4.78, 5) is 14.6. The van der Waals surface area contributed by atoms with Gasteiger partial charge in [-0.1, -0.05) is 86.8 Å². The van der Waals surface area contributed by atoms with E-state index in [1.807, 2.05) is 18.5 Å². The third kappa shape index (κ3) is 8.84. The van der Waals surface area contributed by atoms with Crippen LogP contribution in [-0.4, -0.2) is 49.7 Å². The van der Waals surface area contributed by atoms with Gasteiger partial charge in [-0.3, -0.25) is 0 Å². The molecule has 2 aliphatic carbocycles.